The van der Waals surface area contributed by atoms with E-state index in [0.717, 1.165) is 24.8 Å². The molecule has 0 saturated carbocycles. The van der Waals surface area contributed by atoms with Crippen molar-refractivity contribution in [2.45, 2.75) is 25.3 Å². The van der Waals surface area contributed by atoms with Crippen LogP contribution in [0.4, 0.5) is 5.69 Å². The lowest BCUT2D eigenvalue weighted by Crippen LogP contribution is -2.28. The Bertz CT molecular complexity index is 652. The minimum atomic E-state index is -0.369. The maximum absolute atomic E-state index is 10.7. The summed E-state index contributed by atoms with van der Waals surface area (Å²) in [4.78, 5) is 10.3. The van der Waals surface area contributed by atoms with Crippen LogP contribution in [0.3, 0.4) is 0 Å². The first-order valence-electron chi connectivity index (χ1n) is 7.22. The molecule has 4 nitrogen and oxygen atoms in total. The van der Waals surface area contributed by atoms with Gasteiger partial charge in [-0.1, -0.05) is 36.4 Å². The molecule has 0 fully saturated rings. The van der Waals surface area contributed by atoms with Crippen molar-refractivity contribution in [3.8, 4) is 0 Å². The number of nitro benzene ring substituents is 1. The monoisotopic (exact) mass is 282 g/mol. The highest BCUT2D eigenvalue weighted by Gasteiger charge is 2.26. The van der Waals surface area contributed by atoms with Gasteiger partial charge < -0.3 is 5.73 Å². The van der Waals surface area contributed by atoms with Crippen LogP contribution in [0.25, 0.3) is 0 Å². The smallest absolute Gasteiger partial charge is 0.269 e. The normalized spacial score (nSPS) is 20.8. The number of hydrogen-bond acceptors (Lipinski definition) is 3. The van der Waals surface area contributed by atoms with Gasteiger partial charge in [0.25, 0.3) is 5.69 Å². The molecule has 3 rings (SSSR count). The fourth-order valence-corrected chi connectivity index (χ4v) is 3.15. The number of aryl methyl sites for hydroxylation is 1. The van der Waals surface area contributed by atoms with Gasteiger partial charge >= 0.3 is 0 Å². The van der Waals surface area contributed by atoms with Crippen molar-refractivity contribution in [1.29, 1.82) is 0 Å². The van der Waals surface area contributed by atoms with Crippen LogP contribution in [0.1, 0.15) is 29.2 Å². The fraction of sp³-hybridized carbons (Fsp3) is 0.294. The Morgan fingerprint density at radius 2 is 1.86 bits per heavy atom. The summed E-state index contributed by atoms with van der Waals surface area (Å²) in [6, 6.07) is 15.2. The molecule has 21 heavy (non-hydrogen) atoms. The predicted molar refractivity (Wildman–Crippen MR) is 82.0 cm³/mol. The number of non-ortho nitro benzene ring substituents is 1. The van der Waals surface area contributed by atoms with Crippen LogP contribution < -0.4 is 5.73 Å². The molecule has 2 N–H and O–H groups in total. The molecule has 0 heterocycles. The Kier molecular flexibility index (Phi) is 3.71. The summed E-state index contributed by atoms with van der Waals surface area (Å²) in [5.41, 5.74) is 10.3. The van der Waals surface area contributed by atoms with Gasteiger partial charge in [-0.25, -0.2) is 0 Å². The van der Waals surface area contributed by atoms with Crippen LogP contribution in [0, 0.1) is 16.0 Å². The molecule has 108 valence electrons. The zero-order valence-electron chi connectivity index (χ0n) is 11.7. The first-order chi connectivity index (χ1) is 10.1. The quantitative estimate of drug-likeness (QED) is 0.693. The summed E-state index contributed by atoms with van der Waals surface area (Å²) in [5, 5.41) is 10.7. The van der Waals surface area contributed by atoms with Crippen molar-refractivity contribution in [1.82, 2.24) is 0 Å². The first kappa shape index (κ1) is 13.8. The average Bonchev–Trinajstić information content (AvgIpc) is 2.51. The van der Waals surface area contributed by atoms with E-state index < -0.39 is 0 Å². The van der Waals surface area contributed by atoms with Gasteiger partial charge in [-0.15, -0.1) is 0 Å². The van der Waals surface area contributed by atoms with Crippen molar-refractivity contribution in [2.24, 2.45) is 11.7 Å². The lowest BCUT2D eigenvalue weighted by molar-refractivity contribution is -0.384. The average molecular weight is 282 g/mol. The molecule has 0 bridgehead atoms. The highest BCUT2D eigenvalue weighted by molar-refractivity contribution is 5.35. The number of fused-ring (bicyclic) bond motifs is 1. The summed E-state index contributed by atoms with van der Waals surface area (Å²) in [6.45, 7) is 0. The maximum Gasteiger partial charge on any atom is 0.269 e. The summed E-state index contributed by atoms with van der Waals surface area (Å²) in [6.07, 6.45) is 2.99. The van der Waals surface area contributed by atoms with Crippen LogP contribution in [-0.4, -0.2) is 4.92 Å². The van der Waals surface area contributed by atoms with Crippen LogP contribution in [-0.2, 0) is 12.8 Å². The van der Waals surface area contributed by atoms with Gasteiger partial charge in [0.1, 0.15) is 0 Å². The van der Waals surface area contributed by atoms with E-state index in [1.165, 1.54) is 11.1 Å². The minimum absolute atomic E-state index is 0.0464. The molecule has 0 radical (unpaired) electrons. The van der Waals surface area contributed by atoms with Gasteiger partial charge in [0.05, 0.1) is 4.92 Å². The summed E-state index contributed by atoms with van der Waals surface area (Å²) < 4.78 is 0. The Hall–Kier alpha value is -2.20. The van der Waals surface area contributed by atoms with Crippen LogP contribution >= 0.6 is 0 Å². The van der Waals surface area contributed by atoms with Crippen molar-refractivity contribution >= 4 is 5.69 Å². The van der Waals surface area contributed by atoms with E-state index in [1.54, 1.807) is 12.1 Å². The van der Waals surface area contributed by atoms with E-state index in [0.29, 0.717) is 5.92 Å². The van der Waals surface area contributed by atoms with E-state index in [-0.39, 0.29) is 16.7 Å². The SMILES string of the molecule is NC1c2ccccc2CCC1Cc1ccc([N+](=O)[O-])cc1. The molecule has 2 aromatic carbocycles. The molecule has 0 spiro atoms. The summed E-state index contributed by atoms with van der Waals surface area (Å²) >= 11 is 0. The van der Waals surface area contributed by atoms with E-state index in [1.807, 2.05) is 18.2 Å². The number of benzene rings is 2. The second-order valence-electron chi connectivity index (χ2n) is 5.65. The largest absolute Gasteiger partial charge is 0.324 e. The zero-order chi connectivity index (χ0) is 14.8. The van der Waals surface area contributed by atoms with Crippen LogP contribution in [0.2, 0.25) is 0 Å². The van der Waals surface area contributed by atoms with Gasteiger partial charge in [0, 0.05) is 18.2 Å². The number of nitro groups is 1. The zero-order valence-corrected chi connectivity index (χ0v) is 11.7. The molecule has 0 aromatic heterocycles. The first-order valence-corrected chi connectivity index (χ1v) is 7.22. The maximum atomic E-state index is 10.7. The van der Waals surface area contributed by atoms with Crippen molar-refractivity contribution in [3.05, 3.63) is 75.3 Å². The van der Waals surface area contributed by atoms with E-state index >= 15 is 0 Å². The van der Waals surface area contributed by atoms with E-state index in [2.05, 4.69) is 18.2 Å². The number of nitrogens with two attached hydrogens (primary N) is 1. The Labute approximate surface area is 123 Å². The minimum Gasteiger partial charge on any atom is -0.324 e. The topological polar surface area (TPSA) is 69.2 Å². The molecule has 0 saturated heterocycles. The molecule has 2 unspecified atom stereocenters. The molecule has 2 aromatic rings. The van der Waals surface area contributed by atoms with Gasteiger partial charge in [0.15, 0.2) is 0 Å². The summed E-state index contributed by atoms with van der Waals surface area (Å²) in [7, 11) is 0. The van der Waals surface area contributed by atoms with Gasteiger partial charge in [-0.05, 0) is 41.9 Å². The molecular formula is C17H18N2O2. The molecule has 4 heteroatoms. The predicted octanol–water partition coefficient (Wildman–Crippen LogP) is 3.40. The third-order valence-electron chi connectivity index (χ3n) is 4.35. The third kappa shape index (κ3) is 2.81. The lowest BCUT2D eigenvalue weighted by Gasteiger charge is -2.31. The van der Waals surface area contributed by atoms with Crippen LogP contribution in [0.5, 0.6) is 0 Å². The van der Waals surface area contributed by atoms with E-state index in [9.17, 15) is 10.1 Å². The molecule has 0 amide bonds. The van der Waals surface area contributed by atoms with Crippen molar-refractivity contribution in [3.63, 3.8) is 0 Å². The molecule has 2 atom stereocenters. The number of rotatable bonds is 3. The van der Waals surface area contributed by atoms with Crippen LogP contribution in [0.15, 0.2) is 48.5 Å². The third-order valence-corrected chi connectivity index (χ3v) is 4.35. The Morgan fingerprint density at radius 3 is 2.57 bits per heavy atom. The fourth-order valence-electron chi connectivity index (χ4n) is 3.15. The molecule has 0 aliphatic heterocycles. The van der Waals surface area contributed by atoms with Gasteiger partial charge in [0.2, 0.25) is 0 Å². The standard InChI is InChI=1S/C17H18N2O2/c18-17-14(8-7-13-3-1-2-4-16(13)17)11-12-5-9-15(10-6-12)19(20)21/h1-6,9-10,14,17H,7-8,11,18H2. The highest BCUT2D eigenvalue weighted by Crippen LogP contribution is 2.34. The highest BCUT2D eigenvalue weighted by atomic mass is 16.6. The number of hydrogen-bond donors (Lipinski definition) is 1. The molecule has 1 aliphatic carbocycles. The molecular weight excluding hydrogens is 264 g/mol. The van der Waals surface area contributed by atoms with Gasteiger partial charge in [-0.2, -0.15) is 0 Å². The van der Waals surface area contributed by atoms with E-state index in [4.69, 9.17) is 5.73 Å². The second-order valence-corrected chi connectivity index (χ2v) is 5.65. The Balaban J connectivity index is 1.75. The number of nitrogens with zero attached hydrogens (tertiary/aromatic N) is 1. The lowest BCUT2D eigenvalue weighted by atomic mass is 9.77. The summed E-state index contributed by atoms with van der Waals surface area (Å²) in [5.74, 6) is 0.390. The Morgan fingerprint density at radius 1 is 1.14 bits per heavy atom. The second kappa shape index (κ2) is 5.66. The van der Waals surface area contributed by atoms with Crippen molar-refractivity contribution < 1.29 is 4.92 Å². The van der Waals surface area contributed by atoms with Crippen molar-refractivity contribution in [2.75, 3.05) is 0 Å². The van der Waals surface area contributed by atoms with Gasteiger partial charge in [-0.3, -0.25) is 10.1 Å². The molecule has 1 aliphatic rings.